The van der Waals surface area contributed by atoms with Crippen LogP contribution in [0.4, 0.5) is 5.69 Å². The number of nitriles is 1. The quantitative estimate of drug-likeness (QED) is 0.414. The van der Waals surface area contributed by atoms with Crippen LogP contribution in [-0.4, -0.2) is 41.9 Å². The minimum atomic E-state index is -0.436. The van der Waals surface area contributed by atoms with Crippen molar-refractivity contribution >= 4 is 23.2 Å². The van der Waals surface area contributed by atoms with Crippen molar-refractivity contribution in [2.45, 2.75) is 6.04 Å². The summed E-state index contributed by atoms with van der Waals surface area (Å²) in [5, 5.41) is 12.8. The Labute approximate surface area is 199 Å². The first-order valence-corrected chi connectivity index (χ1v) is 11.3. The number of amides is 1. The maximum absolute atomic E-state index is 12.6. The number of piperazine rings is 1. The van der Waals surface area contributed by atoms with Gasteiger partial charge < -0.3 is 10.2 Å². The predicted octanol–water partition coefficient (Wildman–Crippen LogP) is 5.09. The molecule has 3 aromatic rings. The molecule has 1 amide bonds. The van der Waals surface area contributed by atoms with Gasteiger partial charge in [0.25, 0.3) is 5.91 Å². The first kappa shape index (κ1) is 22.6. The molecule has 5 nitrogen and oxygen atoms in total. The summed E-state index contributed by atoms with van der Waals surface area (Å²) in [5.41, 5.74) is 3.15. The molecule has 4 rings (SSSR count). The van der Waals surface area contributed by atoms with E-state index in [1.807, 2.05) is 23.1 Å². The van der Waals surface area contributed by atoms with Crippen LogP contribution in [-0.2, 0) is 4.79 Å². The van der Waals surface area contributed by atoms with E-state index in [1.54, 1.807) is 30.5 Å². The van der Waals surface area contributed by atoms with E-state index in [9.17, 15) is 10.1 Å². The summed E-state index contributed by atoms with van der Waals surface area (Å²) < 4.78 is 0. The van der Waals surface area contributed by atoms with Crippen LogP contribution < -0.4 is 5.32 Å². The summed E-state index contributed by atoms with van der Waals surface area (Å²) in [5.74, 6) is -0.436. The average Bonchev–Trinajstić information content (AvgIpc) is 2.85. The van der Waals surface area contributed by atoms with E-state index < -0.39 is 5.91 Å². The van der Waals surface area contributed by atoms with Crippen molar-refractivity contribution in [2.75, 3.05) is 31.5 Å². The normalized spacial score (nSPS) is 14.7. The highest BCUT2D eigenvalue weighted by Gasteiger charge is 2.26. The highest BCUT2D eigenvalue weighted by atomic mass is 35.5. The van der Waals surface area contributed by atoms with Crippen molar-refractivity contribution in [1.82, 2.24) is 9.80 Å². The first-order chi connectivity index (χ1) is 16.1. The smallest absolute Gasteiger partial charge is 0.267 e. The second kappa shape index (κ2) is 10.8. The molecule has 0 unspecified atom stereocenters. The molecule has 1 saturated heterocycles. The molecular weight excluding hydrogens is 432 g/mol. The van der Waals surface area contributed by atoms with E-state index in [-0.39, 0.29) is 11.6 Å². The van der Waals surface area contributed by atoms with Gasteiger partial charge in [-0.05, 0) is 29.3 Å². The second-order valence-corrected chi connectivity index (χ2v) is 8.35. The standard InChI is InChI=1S/C27H25ClN4O/c28-24-12-7-13-25(18-24)30-27(33)23(19-29)20-31-14-16-32(17-15-31)26(21-8-3-1-4-9-21)22-10-5-2-6-11-22/h1-13,18,20,26H,14-17H2,(H,30,33). The molecule has 0 spiro atoms. The van der Waals surface area contributed by atoms with Crippen molar-refractivity contribution < 1.29 is 4.79 Å². The molecule has 0 atom stereocenters. The highest BCUT2D eigenvalue weighted by molar-refractivity contribution is 6.31. The van der Waals surface area contributed by atoms with Crippen LogP contribution in [0.1, 0.15) is 17.2 Å². The van der Waals surface area contributed by atoms with Gasteiger partial charge in [-0.25, -0.2) is 0 Å². The SMILES string of the molecule is N#CC(=CN1CCN(C(c2ccccc2)c2ccccc2)CC1)C(=O)Nc1cccc(Cl)c1. The lowest BCUT2D eigenvalue weighted by atomic mass is 9.96. The third kappa shape index (κ3) is 5.81. The Hall–Kier alpha value is -3.59. The van der Waals surface area contributed by atoms with Crippen LogP contribution >= 0.6 is 11.6 Å². The molecule has 33 heavy (non-hydrogen) atoms. The van der Waals surface area contributed by atoms with Crippen LogP contribution in [0.15, 0.2) is 96.7 Å². The van der Waals surface area contributed by atoms with Crippen LogP contribution in [0, 0.1) is 11.3 Å². The van der Waals surface area contributed by atoms with Crippen molar-refractivity contribution in [1.29, 1.82) is 5.26 Å². The Morgan fingerprint density at radius 2 is 1.52 bits per heavy atom. The Bertz CT molecular complexity index is 1110. The first-order valence-electron chi connectivity index (χ1n) is 10.9. The van der Waals surface area contributed by atoms with Crippen LogP contribution in [0.2, 0.25) is 5.02 Å². The van der Waals surface area contributed by atoms with Crippen molar-refractivity contribution in [2.24, 2.45) is 0 Å². The second-order valence-electron chi connectivity index (χ2n) is 7.91. The largest absolute Gasteiger partial charge is 0.374 e. The third-order valence-corrected chi connectivity index (χ3v) is 5.94. The number of rotatable bonds is 6. The maximum Gasteiger partial charge on any atom is 0.267 e. The van der Waals surface area contributed by atoms with Crippen LogP contribution in [0.5, 0.6) is 0 Å². The number of carbonyl (C=O) groups excluding carboxylic acids is 1. The van der Waals surface area contributed by atoms with Gasteiger partial charge in [-0.1, -0.05) is 78.3 Å². The molecule has 166 valence electrons. The summed E-state index contributed by atoms with van der Waals surface area (Å²) in [6.45, 7) is 3.09. The summed E-state index contributed by atoms with van der Waals surface area (Å²) in [6, 6.07) is 30.1. The lowest BCUT2D eigenvalue weighted by Gasteiger charge is -2.39. The zero-order chi connectivity index (χ0) is 23.0. The fraction of sp³-hybridized carbons (Fsp3) is 0.185. The van der Waals surface area contributed by atoms with Crippen molar-refractivity contribution in [3.05, 3.63) is 113 Å². The summed E-state index contributed by atoms with van der Waals surface area (Å²) in [6.07, 6.45) is 1.66. The number of nitrogens with zero attached hydrogens (tertiary/aromatic N) is 3. The van der Waals surface area contributed by atoms with Gasteiger partial charge in [0.05, 0.1) is 6.04 Å². The molecule has 1 fully saturated rings. The van der Waals surface area contributed by atoms with Gasteiger partial charge in [0.2, 0.25) is 0 Å². The number of benzene rings is 3. The van der Waals surface area contributed by atoms with Gasteiger partial charge in [-0.3, -0.25) is 9.69 Å². The number of hydrogen-bond donors (Lipinski definition) is 1. The molecular formula is C27H25ClN4O. The number of carbonyl (C=O) groups is 1. The molecule has 1 heterocycles. The predicted molar refractivity (Wildman–Crippen MR) is 132 cm³/mol. The minimum absolute atomic E-state index is 0.0751. The Morgan fingerprint density at radius 3 is 2.06 bits per heavy atom. The number of hydrogen-bond acceptors (Lipinski definition) is 4. The summed E-state index contributed by atoms with van der Waals surface area (Å²) in [7, 11) is 0. The monoisotopic (exact) mass is 456 g/mol. The van der Waals surface area contributed by atoms with Crippen LogP contribution in [0.25, 0.3) is 0 Å². The van der Waals surface area contributed by atoms with E-state index in [0.29, 0.717) is 10.7 Å². The van der Waals surface area contributed by atoms with E-state index in [2.05, 4.69) is 58.7 Å². The van der Waals surface area contributed by atoms with Crippen molar-refractivity contribution in [3.63, 3.8) is 0 Å². The Kier molecular flexibility index (Phi) is 7.41. The van der Waals surface area contributed by atoms with Crippen LogP contribution in [0.3, 0.4) is 0 Å². The molecule has 0 aliphatic carbocycles. The Balaban J connectivity index is 1.45. The molecule has 1 N–H and O–H groups in total. The average molecular weight is 457 g/mol. The Morgan fingerprint density at radius 1 is 0.909 bits per heavy atom. The fourth-order valence-electron chi connectivity index (χ4n) is 4.09. The molecule has 0 radical (unpaired) electrons. The topological polar surface area (TPSA) is 59.4 Å². The molecule has 0 saturated carbocycles. The zero-order valence-corrected chi connectivity index (χ0v) is 18.9. The zero-order valence-electron chi connectivity index (χ0n) is 18.2. The van der Waals surface area contributed by atoms with Gasteiger partial charge in [0.15, 0.2) is 0 Å². The molecule has 1 aliphatic rings. The van der Waals surface area contributed by atoms with Gasteiger partial charge in [-0.15, -0.1) is 0 Å². The highest BCUT2D eigenvalue weighted by Crippen LogP contribution is 2.29. The van der Waals surface area contributed by atoms with E-state index >= 15 is 0 Å². The number of anilines is 1. The lowest BCUT2D eigenvalue weighted by molar-refractivity contribution is -0.112. The summed E-state index contributed by atoms with van der Waals surface area (Å²) in [4.78, 5) is 17.1. The van der Waals surface area contributed by atoms with Gasteiger partial charge in [0, 0.05) is 43.1 Å². The molecule has 0 bridgehead atoms. The number of nitrogens with one attached hydrogen (secondary N) is 1. The number of halogens is 1. The third-order valence-electron chi connectivity index (χ3n) is 5.70. The molecule has 1 aliphatic heterocycles. The van der Waals surface area contributed by atoms with E-state index in [4.69, 9.17) is 11.6 Å². The van der Waals surface area contributed by atoms with E-state index in [1.165, 1.54) is 11.1 Å². The maximum atomic E-state index is 12.6. The lowest BCUT2D eigenvalue weighted by Crippen LogP contribution is -2.46. The minimum Gasteiger partial charge on any atom is -0.374 e. The fourth-order valence-corrected chi connectivity index (χ4v) is 4.29. The van der Waals surface area contributed by atoms with Gasteiger partial charge in [-0.2, -0.15) is 5.26 Å². The summed E-state index contributed by atoms with van der Waals surface area (Å²) >= 11 is 5.98. The molecule has 0 aromatic heterocycles. The molecule has 3 aromatic carbocycles. The van der Waals surface area contributed by atoms with Gasteiger partial charge in [0.1, 0.15) is 11.6 Å². The van der Waals surface area contributed by atoms with E-state index in [0.717, 1.165) is 26.2 Å². The van der Waals surface area contributed by atoms with Gasteiger partial charge >= 0.3 is 0 Å². The molecule has 6 heteroatoms. The van der Waals surface area contributed by atoms with Crippen molar-refractivity contribution in [3.8, 4) is 6.07 Å².